The van der Waals surface area contributed by atoms with Crippen molar-refractivity contribution in [3.05, 3.63) is 60.0 Å². The Hall–Kier alpha value is -2.40. The summed E-state index contributed by atoms with van der Waals surface area (Å²) in [5.74, 6) is 2.40. The summed E-state index contributed by atoms with van der Waals surface area (Å²) in [5.41, 5.74) is 1.91. The Labute approximate surface area is 188 Å². The molecule has 1 aromatic carbocycles. The molecule has 0 atom stereocenters. The van der Waals surface area contributed by atoms with Crippen LogP contribution in [0.3, 0.4) is 0 Å². The Kier molecular flexibility index (Phi) is 9.13. The van der Waals surface area contributed by atoms with Gasteiger partial charge in [0.25, 0.3) is 0 Å². The minimum Gasteiger partial charge on any atom is -0.492 e. The molecule has 2 aromatic heterocycles. The number of para-hydroxylation sites is 1. The van der Waals surface area contributed by atoms with Crippen molar-refractivity contribution in [2.45, 2.75) is 13.1 Å². The van der Waals surface area contributed by atoms with Crippen LogP contribution in [0.4, 0.5) is 0 Å². The van der Waals surface area contributed by atoms with Gasteiger partial charge >= 0.3 is 0 Å². The van der Waals surface area contributed by atoms with Crippen molar-refractivity contribution >= 4 is 35.6 Å². The van der Waals surface area contributed by atoms with Crippen LogP contribution in [0, 0.1) is 0 Å². The van der Waals surface area contributed by atoms with Crippen LogP contribution >= 0.6 is 24.0 Å². The second-order valence-corrected chi connectivity index (χ2v) is 6.58. The fraction of sp³-hybridized carbons (Fsp3) is 0.350. The van der Waals surface area contributed by atoms with Crippen LogP contribution in [0.5, 0.6) is 5.75 Å². The third kappa shape index (κ3) is 6.57. The molecule has 0 fully saturated rings. The van der Waals surface area contributed by atoms with E-state index in [1.165, 1.54) is 0 Å². The number of fused-ring (bicyclic) bond motifs is 1. The fourth-order valence-electron chi connectivity index (χ4n) is 2.70. The Bertz CT molecular complexity index is 926. The highest BCUT2D eigenvalue weighted by molar-refractivity contribution is 14.0. The third-order valence-electron chi connectivity index (χ3n) is 4.24. The first-order valence-corrected chi connectivity index (χ1v) is 9.26. The first kappa shape index (κ1) is 22.9. The number of guanidine groups is 1. The number of pyridine rings is 1. The van der Waals surface area contributed by atoms with Crippen LogP contribution in [0.25, 0.3) is 5.65 Å². The lowest BCUT2D eigenvalue weighted by molar-refractivity contribution is 0.259. The molecule has 0 amide bonds. The zero-order valence-electron chi connectivity index (χ0n) is 17.0. The van der Waals surface area contributed by atoms with Crippen LogP contribution in [0.15, 0.2) is 53.7 Å². The van der Waals surface area contributed by atoms with Crippen molar-refractivity contribution in [1.29, 1.82) is 0 Å². The van der Waals surface area contributed by atoms with E-state index in [9.17, 15) is 0 Å². The number of hydrogen-bond donors (Lipinski definition) is 2. The van der Waals surface area contributed by atoms with Gasteiger partial charge in [-0.15, -0.1) is 34.2 Å². The van der Waals surface area contributed by atoms with Gasteiger partial charge in [0.05, 0.1) is 6.54 Å². The molecule has 0 bridgehead atoms. The van der Waals surface area contributed by atoms with Crippen LogP contribution < -0.4 is 15.4 Å². The van der Waals surface area contributed by atoms with E-state index in [1.54, 1.807) is 7.05 Å². The lowest BCUT2D eigenvalue weighted by Crippen LogP contribution is -2.36. The number of likely N-dealkylation sites (N-methyl/N-ethyl adjacent to an activating group) is 1. The SMILES string of the molecule is CN=C(NCc1ccccc1OCCN(C)C)NCc1nnc2ccccn12.I. The van der Waals surface area contributed by atoms with Gasteiger partial charge in [0.15, 0.2) is 17.4 Å². The largest absolute Gasteiger partial charge is 0.492 e. The van der Waals surface area contributed by atoms with Gasteiger partial charge in [0.2, 0.25) is 0 Å². The number of rotatable bonds is 8. The topological polar surface area (TPSA) is 79.1 Å². The molecule has 0 unspecified atom stereocenters. The molecule has 0 saturated carbocycles. The van der Waals surface area contributed by atoms with E-state index < -0.39 is 0 Å². The van der Waals surface area contributed by atoms with Gasteiger partial charge in [0, 0.05) is 31.9 Å². The molecule has 0 saturated heterocycles. The lowest BCUT2D eigenvalue weighted by atomic mass is 10.2. The summed E-state index contributed by atoms with van der Waals surface area (Å²) in [4.78, 5) is 6.39. The minimum atomic E-state index is 0. The predicted octanol–water partition coefficient (Wildman–Crippen LogP) is 2.15. The summed E-state index contributed by atoms with van der Waals surface area (Å²) >= 11 is 0. The average molecular weight is 509 g/mol. The Morgan fingerprint density at radius 3 is 2.62 bits per heavy atom. The predicted molar refractivity (Wildman–Crippen MR) is 126 cm³/mol. The molecule has 8 nitrogen and oxygen atoms in total. The number of aromatic nitrogens is 3. The maximum absolute atomic E-state index is 5.92. The van der Waals surface area contributed by atoms with E-state index in [1.807, 2.05) is 61.1 Å². The number of aliphatic imine (C=N–C) groups is 1. The minimum absolute atomic E-state index is 0. The van der Waals surface area contributed by atoms with Gasteiger partial charge in [-0.2, -0.15) is 0 Å². The molecular formula is C20H28IN7O. The maximum Gasteiger partial charge on any atom is 0.191 e. The summed E-state index contributed by atoms with van der Waals surface area (Å²) < 4.78 is 7.87. The third-order valence-corrected chi connectivity index (χ3v) is 4.24. The molecule has 29 heavy (non-hydrogen) atoms. The number of ether oxygens (including phenoxy) is 1. The first-order chi connectivity index (χ1) is 13.7. The molecule has 0 aliphatic rings. The van der Waals surface area contributed by atoms with Gasteiger partial charge in [-0.3, -0.25) is 9.39 Å². The standard InChI is InChI=1S/C20H27N7O.HI/c1-21-20(23-15-19-25-24-18-10-6-7-11-27(18)19)22-14-16-8-4-5-9-17(16)28-13-12-26(2)3;/h4-11H,12-15H2,1-3H3,(H2,21,22,23);1H. The van der Waals surface area contributed by atoms with Gasteiger partial charge < -0.3 is 20.3 Å². The molecule has 2 heterocycles. The van der Waals surface area contributed by atoms with Crippen molar-refractivity contribution in [3.8, 4) is 5.75 Å². The molecule has 0 aliphatic heterocycles. The molecule has 9 heteroatoms. The number of nitrogens with zero attached hydrogens (tertiary/aromatic N) is 5. The van der Waals surface area contributed by atoms with E-state index in [2.05, 4.69) is 36.8 Å². The van der Waals surface area contributed by atoms with E-state index in [0.29, 0.717) is 25.7 Å². The molecular weight excluding hydrogens is 481 g/mol. The molecule has 0 radical (unpaired) electrons. The number of benzene rings is 1. The highest BCUT2D eigenvalue weighted by atomic mass is 127. The van der Waals surface area contributed by atoms with Crippen LogP contribution in [0.2, 0.25) is 0 Å². The molecule has 3 rings (SSSR count). The summed E-state index contributed by atoms with van der Waals surface area (Å²) in [5, 5.41) is 15.0. The lowest BCUT2D eigenvalue weighted by Gasteiger charge is -2.16. The van der Waals surface area contributed by atoms with Crippen molar-refractivity contribution in [1.82, 2.24) is 30.1 Å². The van der Waals surface area contributed by atoms with E-state index in [4.69, 9.17) is 4.74 Å². The van der Waals surface area contributed by atoms with Gasteiger partial charge in [-0.05, 0) is 32.3 Å². The molecule has 0 spiro atoms. The monoisotopic (exact) mass is 509 g/mol. The summed E-state index contributed by atoms with van der Waals surface area (Å²) in [7, 11) is 5.81. The van der Waals surface area contributed by atoms with Gasteiger partial charge in [0.1, 0.15) is 12.4 Å². The summed E-state index contributed by atoms with van der Waals surface area (Å²) in [6.45, 7) is 2.65. The normalized spacial score (nSPS) is 11.4. The van der Waals surface area contributed by atoms with Crippen molar-refractivity contribution in [2.24, 2.45) is 4.99 Å². The molecule has 156 valence electrons. The zero-order chi connectivity index (χ0) is 19.8. The highest BCUT2D eigenvalue weighted by Gasteiger charge is 2.07. The van der Waals surface area contributed by atoms with Gasteiger partial charge in [-0.1, -0.05) is 24.3 Å². The number of nitrogens with one attached hydrogen (secondary N) is 2. The zero-order valence-corrected chi connectivity index (χ0v) is 19.3. The van der Waals surface area contributed by atoms with Crippen LogP contribution in [-0.2, 0) is 13.1 Å². The maximum atomic E-state index is 5.92. The fourth-order valence-corrected chi connectivity index (χ4v) is 2.70. The summed E-state index contributed by atoms with van der Waals surface area (Å²) in [6, 6.07) is 13.9. The number of halogens is 1. The van der Waals surface area contributed by atoms with Crippen molar-refractivity contribution < 1.29 is 4.74 Å². The Morgan fingerprint density at radius 2 is 1.83 bits per heavy atom. The molecule has 0 aliphatic carbocycles. The Balaban J connectivity index is 0.00000300. The second-order valence-electron chi connectivity index (χ2n) is 6.58. The van der Waals surface area contributed by atoms with Gasteiger partial charge in [-0.25, -0.2) is 0 Å². The average Bonchev–Trinajstić information content (AvgIpc) is 3.12. The van der Waals surface area contributed by atoms with E-state index in [0.717, 1.165) is 29.3 Å². The molecule has 3 aromatic rings. The Morgan fingerprint density at radius 1 is 1.07 bits per heavy atom. The van der Waals surface area contributed by atoms with Crippen LogP contribution in [0.1, 0.15) is 11.4 Å². The van der Waals surface area contributed by atoms with Crippen molar-refractivity contribution in [2.75, 3.05) is 34.3 Å². The first-order valence-electron chi connectivity index (χ1n) is 9.26. The van der Waals surface area contributed by atoms with Crippen molar-refractivity contribution in [3.63, 3.8) is 0 Å². The van der Waals surface area contributed by atoms with E-state index >= 15 is 0 Å². The second kappa shape index (κ2) is 11.6. The number of hydrogen-bond acceptors (Lipinski definition) is 5. The summed E-state index contributed by atoms with van der Waals surface area (Å²) in [6.07, 6.45) is 1.95. The highest BCUT2D eigenvalue weighted by Crippen LogP contribution is 2.17. The van der Waals surface area contributed by atoms with Crippen LogP contribution in [-0.4, -0.2) is 59.8 Å². The smallest absolute Gasteiger partial charge is 0.191 e. The molecule has 2 N–H and O–H groups in total. The quantitative estimate of drug-likeness (QED) is 0.275. The van der Waals surface area contributed by atoms with E-state index in [-0.39, 0.29) is 24.0 Å².